The van der Waals surface area contributed by atoms with Gasteiger partial charge < -0.3 is 14.2 Å². The lowest BCUT2D eigenvalue weighted by Crippen LogP contribution is -2.09. The van der Waals surface area contributed by atoms with E-state index in [4.69, 9.17) is 14.2 Å². The van der Waals surface area contributed by atoms with Crippen LogP contribution in [0, 0.1) is 0 Å². The number of benzene rings is 7. The number of fused-ring (bicyclic) bond motifs is 4. The smallest absolute Gasteiger partial charge is 0.204 e. The van der Waals surface area contributed by atoms with Gasteiger partial charge in [-0.1, -0.05) is 149 Å². The molecule has 2 aromatic heterocycles. The maximum Gasteiger partial charge on any atom is 0.204 e. The van der Waals surface area contributed by atoms with E-state index in [0.717, 1.165) is 72.3 Å². The van der Waals surface area contributed by atoms with Crippen molar-refractivity contribution >= 4 is 65.8 Å². The maximum atomic E-state index is 7.07. The Morgan fingerprint density at radius 3 is 0.949 bits per heavy atom. The molecule has 0 atom stereocenters. The summed E-state index contributed by atoms with van der Waals surface area (Å²) in [4.78, 5) is 2.52. The number of thiophene rings is 2. The van der Waals surface area contributed by atoms with Crippen LogP contribution in [0.3, 0.4) is 0 Å². The molecule has 3 nitrogen and oxygen atoms in total. The van der Waals surface area contributed by atoms with Crippen LogP contribution in [0.25, 0.3) is 86.2 Å². The lowest BCUT2D eigenvalue weighted by molar-refractivity contribution is 0.238. The van der Waals surface area contributed by atoms with Crippen LogP contribution in [0.1, 0.15) is 59.3 Å². The maximum absolute atomic E-state index is 7.07. The van der Waals surface area contributed by atoms with E-state index in [-0.39, 0.29) is 0 Å². The highest BCUT2D eigenvalue weighted by Crippen LogP contribution is 2.57. The molecule has 5 heteroatoms. The summed E-state index contributed by atoms with van der Waals surface area (Å²) in [6.45, 7) is 8.35. The molecule has 2 heterocycles. The monoisotopic (exact) mass is 810 g/mol. The second-order valence-corrected chi connectivity index (χ2v) is 17.1. The Labute approximate surface area is 355 Å². The first-order valence-corrected chi connectivity index (χ1v) is 23.0. The Hall–Kier alpha value is -5.62. The minimum absolute atomic E-state index is 0.561. The summed E-state index contributed by atoms with van der Waals surface area (Å²) >= 11 is 3.58. The minimum atomic E-state index is 0.561. The Morgan fingerprint density at radius 2 is 0.661 bits per heavy atom. The summed E-state index contributed by atoms with van der Waals surface area (Å²) in [7, 11) is 0. The average Bonchev–Trinajstić information content (AvgIpc) is 4.02. The summed E-state index contributed by atoms with van der Waals surface area (Å²) in [5.41, 5.74) is 6.87. The van der Waals surface area contributed by atoms with E-state index in [1.165, 1.54) is 64.0 Å². The fraction of sp³-hybridized carbons (Fsp3) is 0.222. The first-order valence-electron chi connectivity index (χ1n) is 21.3. The summed E-state index contributed by atoms with van der Waals surface area (Å²) in [5, 5.41) is 14.0. The predicted molar refractivity (Wildman–Crippen MR) is 255 cm³/mol. The van der Waals surface area contributed by atoms with Crippen molar-refractivity contribution in [3.8, 4) is 60.4 Å². The summed E-state index contributed by atoms with van der Waals surface area (Å²) in [6, 6.07) is 46.8. The first-order chi connectivity index (χ1) is 29.2. The highest BCUT2D eigenvalue weighted by atomic mass is 32.1. The van der Waals surface area contributed by atoms with Crippen LogP contribution in [0.15, 0.2) is 138 Å². The first kappa shape index (κ1) is 38.9. The number of hydrogen-bond donors (Lipinski definition) is 0. The van der Waals surface area contributed by atoms with Crippen molar-refractivity contribution in [1.29, 1.82) is 0 Å². The fourth-order valence-corrected chi connectivity index (χ4v) is 10.2. The molecule has 0 radical (unpaired) electrons. The van der Waals surface area contributed by atoms with Gasteiger partial charge in [0, 0.05) is 43.1 Å². The van der Waals surface area contributed by atoms with Gasteiger partial charge in [0.05, 0.1) is 19.8 Å². The van der Waals surface area contributed by atoms with Gasteiger partial charge in [-0.05, 0) is 91.3 Å². The summed E-state index contributed by atoms with van der Waals surface area (Å²) in [5.74, 6) is 2.21. The van der Waals surface area contributed by atoms with Gasteiger partial charge in [-0.25, -0.2) is 0 Å². The highest BCUT2D eigenvalue weighted by molar-refractivity contribution is 7.14. The van der Waals surface area contributed by atoms with Crippen LogP contribution in [0.4, 0.5) is 0 Å². The van der Waals surface area contributed by atoms with E-state index in [9.17, 15) is 0 Å². The van der Waals surface area contributed by atoms with Gasteiger partial charge in [-0.3, -0.25) is 0 Å². The minimum Gasteiger partial charge on any atom is -0.489 e. The van der Waals surface area contributed by atoms with E-state index >= 15 is 0 Å². The van der Waals surface area contributed by atoms with E-state index in [2.05, 4.69) is 159 Å². The molecule has 7 aromatic carbocycles. The van der Waals surface area contributed by atoms with E-state index in [1.807, 2.05) is 0 Å². The van der Waals surface area contributed by atoms with Gasteiger partial charge in [-0.15, -0.1) is 22.7 Å². The second kappa shape index (κ2) is 17.7. The van der Waals surface area contributed by atoms with E-state index < -0.39 is 0 Å². The number of unbranched alkanes of at least 4 members (excludes halogenated alkanes) is 3. The third kappa shape index (κ3) is 7.25. The summed E-state index contributed by atoms with van der Waals surface area (Å²) < 4.78 is 21.2. The molecule has 0 spiro atoms. The Bertz CT molecular complexity index is 2570. The molecule has 0 N–H and O–H groups in total. The van der Waals surface area contributed by atoms with Crippen LogP contribution in [-0.2, 0) is 0 Å². The van der Waals surface area contributed by atoms with Crippen molar-refractivity contribution in [2.24, 2.45) is 0 Å². The van der Waals surface area contributed by atoms with Gasteiger partial charge in [0.15, 0.2) is 11.5 Å². The van der Waals surface area contributed by atoms with Crippen LogP contribution >= 0.6 is 22.7 Å². The Morgan fingerprint density at radius 1 is 0.356 bits per heavy atom. The molecule has 9 aromatic rings. The highest BCUT2D eigenvalue weighted by Gasteiger charge is 2.30. The number of ether oxygens (including phenoxy) is 3. The third-order valence-electron chi connectivity index (χ3n) is 11.4. The fourth-order valence-electron chi connectivity index (χ4n) is 8.58. The molecule has 0 aliphatic heterocycles. The molecular formula is C54H50O3S2. The number of rotatable bonds is 16. The molecular weight excluding hydrogens is 761 g/mol. The number of hydrogen-bond acceptors (Lipinski definition) is 5. The normalized spacial score (nSPS) is 11.6. The zero-order valence-electron chi connectivity index (χ0n) is 34.2. The molecule has 0 unspecified atom stereocenters. The van der Waals surface area contributed by atoms with Crippen LogP contribution in [0.2, 0.25) is 0 Å². The summed E-state index contributed by atoms with van der Waals surface area (Å²) in [6.07, 6.45) is 5.85. The standard InChI is InChI=1S/C54H50O3S2/c1-4-7-30-55-52-44(48-36-20-10-14-24-40(36)50(46-28-18-33-58-46)41-25-15-11-21-37(41)48)35-45(53(56-31-8-5-2)54(52)57-32-9-6-3)49-38-22-12-16-26-42(38)51(47-29-19-34-59-47)43-27-17-13-23-39(43)49/h10-29,33-35H,4-9,30-32H2,1-3H3. The van der Waals surface area contributed by atoms with Crippen molar-refractivity contribution in [3.05, 3.63) is 138 Å². The molecule has 0 bridgehead atoms. The Kier molecular flexibility index (Phi) is 11.7. The third-order valence-corrected chi connectivity index (χ3v) is 13.1. The molecule has 0 amide bonds. The molecule has 0 aliphatic rings. The SMILES string of the molecule is CCCCOc1c(-c2c3ccccc3c(-c3cccs3)c3ccccc23)cc(-c2c3ccccc3c(-c3cccs3)c3ccccc23)c(OCCCC)c1OCCCC. The van der Waals surface area contributed by atoms with E-state index in [0.29, 0.717) is 25.6 Å². The molecule has 0 fully saturated rings. The lowest BCUT2D eigenvalue weighted by atomic mass is 9.84. The lowest BCUT2D eigenvalue weighted by Gasteiger charge is -2.26. The van der Waals surface area contributed by atoms with Gasteiger partial charge >= 0.3 is 0 Å². The zero-order chi connectivity index (χ0) is 40.1. The van der Waals surface area contributed by atoms with Gasteiger partial charge in [-0.2, -0.15) is 0 Å². The average molecular weight is 811 g/mol. The van der Waals surface area contributed by atoms with Crippen LogP contribution in [-0.4, -0.2) is 19.8 Å². The van der Waals surface area contributed by atoms with Gasteiger partial charge in [0.1, 0.15) is 0 Å². The quantitative estimate of drug-likeness (QED) is 0.0719. The van der Waals surface area contributed by atoms with Gasteiger partial charge in [0.25, 0.3) is 0 Å². The van der Waals surface area contributed by atoms with E-state index in [1.54, 1.807) is 22.7 Å². The van der Waals surface area contributed by atoms with Crippen molar-refractivity contribution in [1.82, 2.24) is 0 Å². The molecule has 0 saturated heterocycles. The van der Waals surface area contributed by atoms with Crippen molar-refractivity contribution < 1.29 is 14.2 Å². The second-order valence-electron chi connectivity index (χ2n) is 15.2. The molecule has 0 aliphatic carbocycles. The van der Waals surface area contributed by atoms with Gasteiger partial charge in [0.2, 0.25) is 5.75 Å². The molecule has 59 heavy (non-hydrogen) atoms. The zero-order valence-corrected chi connectivity index (χ0v) is 35.8. The molecule has 296 valence electrons. The Balaban J connectivity index is 1.47. The molecule has 0 saturated carbocycles. The predicted octanol–water partition coefficient (Wildman–Crippen LogP) is 16.6. The van der Waals surface area contributed by atoms with Crippen molar-refractivity contribution in [2.45, 2.75) is 59.3 Å². The van der Waals surface area contributed by atoms with Crippen molar-refractivity contribution in [2.75, 3.05) is 19.8 Å². The van der Waals surface area contributed by atoms with Crippen molar-refractivity contribution in [3.63, 3.8) is 0 Å². The van der Waals surface area contributed by atoms with Crippen LogP contribution in [0.5, 0.6) is 17.2 Å². The van der Waals surface area contributed by atoms with Crippen LogP contribution < -0.4 is 14.2 Å². The molecule has 9 rings (SSSR count). The topological polar surface area (TPSA) is 27.7 Å². The largest absolute Gasteiger partial charge is 0.489 e.